The summed E-state index contributed by atoms with van der Waals surface area (Å²) in [7, 11) is -1.65. The Morgan fingerprint density at radius 1 is 1.13 bits per heavy atom. The molecule has 4 rings (SSSR count). The fourth-order valence-electron chi connectivity index (χ4n) is 5.09. The summed E-state index contributed by atoms with van der Waals surface area (Å²) in [6, 6.07) is 10.1. The summed E-state index contributed by atoms with van der Waals surface area (Å²) in [5.41, 5.74) is 6.21. The van der Waals surface area contributed by atoms with Gasteiger partial charge in [-0.15, -0.1) is 0 Å². The Hall–Kier alpha value is -2.14. The normalized spacial score (nSPS) is 22.4. The molecule has 0 amide bonds. The van der Waals surface area contributed by atoms with Gasteiger partial charge in [-0.25, -0.2) is 9.07 Å². The van der Waals surface area contributed by atoms with E-state index in [4.69, 9.17) is 4.43 Å². The summed E-state index contributed by atoms with van der Waals surface area (Å²) in [6.07, 6.45) is 10.8. The van der Waals surface area contributed by atoms with E-state index < -0.39 is 8.32 Å². The third-order valence-electron chi connectivity index (χ3n) is 7.51. The van der Waals surface area contributed by atoms with Crippen LogP contribution in [0.1, 0.15) is 58.2 Å². The molecule has 30 heavy (non-hydrogen) atoms. The molecular formula is C25H33FN2OSi. The zero-order valence-corrected chi connectivity index (χ0v) is 19.7. The summed E-state index contributed by atoms with van der Waals surface area (Å²) in [6.45, 7) is 9.21. The molecule has 0 bridgehead atoms. The van der Waals surface area contributed by atoms with Gasteiger partial charge in [0.2, 0.25) is 8.32 Å². The molecule has 0 N–H and O–H groups in total. The Morgan fingerprint density at radius 2 is 1.83 bits per heavy atom. The number of hydrogen-bond acceptors (Lipinski definition) is 2. The number of fused-ring (bicyclic) bond motifs is 2. The quantitative estimate of drug-likeness (QED) is 0.367. The number of benzene rings is 1. The molecular weight excluding hydrogens is 391 g/mol. The second kappa shape index (κ2) is 8.18. The number of aromatic nitrogens is 2. The number of allylic oxidation sites excluding steroid dienone is 2. The Labute approximate surface area is 180 Å². The molecule has 3 nitrogen and oxygen atoms in total. The van der Waals surface area contributed by atoms with Gasteiger partial charge in [0.1, 0.15) is 5.82 Å². The van der Waals surface area contributed by atoms with E-state index in [1.807, 2.05) is 10.9 Å². The highest BCUT2D eigenvalue weighted by Gasteiger charge is 2.41. The van der Waals surface area contributed by atoms with Crippen LogP contribution in [0.5, 0.6) is 0 Å². The van der Waals surface area contributed by atoms with Crippen LogP contribution in [0.2, 0.25) is 18.1 Å². The van der Waals surface area contributed by atoms with Crippen LogP contribution in [0.4, 0.5) is 4.39 Å². The summed E-state index contributed by atoms with van der Waals surface area (Å²) in [5.74, 6) is -0.223. The first kappa shape index (κ1) is 21.1. The molecule has 2 aliphatic carbocycles. The minimum Gasteiger partial charge on any atom is -0.549 e. The minimum atomic E-state index is -1.65. The van der Waals surface area contributed by atoms with E-state index in [0.29, 0.717) is 0 Å². The molecule has 2 aliphatic rings. The Kier molecular flexibility index (Phi) is 5.75. The van der Waals surface area contributed by atoms with Gasteiger partial charge < -0.3 is 4.43 Å². The Bertz CT molecular complexity index is 963. The van der Waals surface area contributed by atoms with Crippen molar-refractivity contribution in [1.82, 2.24) is 9.78 Å². The average Bonchev–Trinajstić information content (AvgIpc) is 3.16. The van der Waals surface area contributed by atoms with Crippen molar-refractivity contribution in [2.24, 2.45) is 5.41 Å². The third kappa shape index (κ3) is 3.57. The highest BCUT2D eigenvalue weighted by molar-refractivity contribution is 6.73. The first-order valence-electron chi connectivity index (χ1n) is 11.4. The highest BCUT2D eigenvalue weighted by atomic mass is 28.4. The first-order valence-corrected chi connectivity index (χ1v) is 13.9. The molecule has 0 spiro atoms. The SMILES string of the molecule is CC[Si](CC)(CC)O/C=C1\CCCC2=Cc3c(cnn3-c3ccc(F)cc3)C[C@@]21C. The van der Waals surface area contributed by atoms with Crippen molar-refractivity contribution in [3.8, 4) is 5.69 Å². The second-order valence-corrected chi connectivity index (χ2v) is 13.7. The molecule has 2 aromatic rings. The number of nitrogens with zero attached hydrogens (tertiary/aromatic N) is 2. The van der Waals surface area contributed by atoms with Gasteiger partial charge in [-0.3, -0.25) is 0 Å². The van der Waals surface area contributed by atoms with E-state index in [1.165, 1.54) is 28.8 Å². The van der Waals surface area contributed by atoms with Crippen molar-refractivity contribution >= 4 is 14.4 Å². The molecule has 1 saturated carbocycles. The van der Waals surface area contributed by atoms with Gasteiger partial charge in [-0.05, 0) is 85.3 Å². The second-order valence-electron chi connectivity index (χ2n) is 8.98. The lowest BCUT2D eigenvalue weighted by molar-refractivity contribution is 0.366. The summed E-state index contributed by atoms with van der Waals surface area (Å²) in [5, 5.41) is 4.64. The van der Waals surface area contributed by atoms with Crippen molar-refractivity contribution in [2.45, 2.75) is 71.5 Å². The van der Waals surface area contributed by atoms with E-state index in [1.54, 1.807) is 12.1 Å². The minimum absolute atomic E-state index is 0.0112. The van der Waals surface area contributed by atoms with Gasteiger partial charge in [0.05, 0.1) is 23.8 Å². The van der Waals surface area contributed by atoms with Crippen LogP contribution in [0.3, 0.4) is 0 Å². The maximum absolute atomic E-state index is 13.4. The summed E-state index contributed by atoms with van der Waals surface area (Å²) >= 11 is 0. The van der Waals surface area contributed by atoms with Crippen LogP contribution < -0.4 is 0 Å². The average molecular weight is 425 g/mol. The molecule has 1 fully saturated rings. The zero-order valence-electron chi connectivity index (χ0n) is 18.7. The number of rotatable bonds is 6. The van der Waals surface area contributed by atoms with Crippen LogP contribution >= 0.6 is 0 Å². The fraction of sp³-hybridized carbons (Fsp3) is 0.480. The van der Waals surface area contributed by atoms with Gasteiger partial charge in [-0.2, -0.15) is 5.10 Å². The van der Waals surface area contributed by atoms with Gasteiger partial charge in [0.15, 0.2) is 0 Å². The van der Waals surface area contributed by atoms with Gasteiger partial charge in [0, 0.05) is 5.41 Å². The molecule has 1 heterocycles. The Balaban J connectivity index is 1.68. The molecule has 1 aromatic heterocycles. The van der Waals surface area contributed by atoms with Crippen molar-refractivity contribution < 1.29 is 8.82 Å². The zero-order chi connectivity index (χ0) is 21.4. The predicted octanol–water partition coefficient (Wildman–Crippen LogP) is 7.05. The van der Waals surface area contributed by atoms with E-state index in [9.17, 15) is 4.39 Å². The standard InChI is InChI=1S/C25H33FN2OSi/c1-5-30(6-2,7-3)29-18-21-10-8-9-20-15-24-19(16-25(20,21)4)17-27-28(24)23-13-11-22(26)12-14-23/h11-15,17-18H,5-10,16H2,1-4H3/b21-18+/t25-/m0/s1. The molecule has 160 valence electrons. The van der Waals surface area contributed by atoms with Crippen LogP contribution in [-0.4, -0.2) is 18.1 Å². The van der Waals surface area contributed by atoms with Crippen molar-refractivity contribution in [3.63, 3.8) is 0 Å². The lowest BCUT2D eigenvalue weighted by Crippen LogP contribution is -2.36. The topological polar surface area (TPSA) is 27.1 Å². The van der Waals surface area contributed by atoms with Gasteiger partial charge >= 0.3 is 0 Å². The van der Waals surface area contributed by atoms with Crippen LogP contribution in [0.25, 0.3) is 11.8 Å². The molecule has 0 unspecified atom stereocenters. The monoisotopic (exact) mass is 424 g/mol. The molecule has 0 saturated heterocycles. The van der Waals surface area contributed by atoms with Gasteiger partial charge in [-0.1, -0.05) is 33.3 Å². The predicted molar refractivity (Wildman–Crippen MR) is 124 cm³/mol. The molecule has 5 heteroatoms. The highest BCUT2D eigenvalue weighted by Crippen LogP contribution is 2.51. The summed E-state index contributed by atoms with van der Waals surface area (Å²) < 4.78 is 21.9. The summed E-state index contributed by atoms with van der Waals surface area (Å²) in [4.78, 5) is 0. The van der Waals surface area contributed by atoms with Crippen molar-refractivity contribution in [3.05, 3.63) is 64.9 Å². The maximum Gasteiger partial charge on any atom is 0.249 e. The third-order valence-corrected chi connectivity index (χ3v) is 12.0. The lowest BCUT2D eigenvalue weighted by Gasteiger charge is -2.42. The van der Waals surface area contributed by atoms with E-state index >= 15 is 0 Å². The lowest BCUT2D eigenvalue weighted by atomic mass is 9.63. The number of hydrogen-bond donors (Lipinski definition) is 0. The first-order chi connectivity index (χ1) is 14.4. The molecule has 1 aromatic carbocycles. The van der Waals surface area contributed by atoms with Crippen molar-refractivity contribution in [2.75, 3.05) is 0 Å². The maximum atomic E-state index is 13.4. The van der Waals surface area contributed by atoms with Crippen LogP contribution in [0.15, 0.2) is 47.9 Å². The van der Waals surface area contributed by atoms with E-state index in [2.05, 4.69) is 45.1 Å². The number of halogens is 1. The molecule has 0 aliphatic heterocycles. The molecule has 1 atom stereocenters. The van der Waals surface area contributed by atoms with Crippen molar-refractivity contribution in [1.29, 1.82) is 0 Å². The van der Waals surface area contributed by atoms with Crippen LogP contribution in [-0.2, 0) is 10.8 Å². The van der Waals surface area contributed by atoms with E-state index in [0.717, 1.165) is 55.2 Å². The smallest absolute Gasteiger partial charge is 0.249 e. The largest absolute Gasteiger partial charge is 0.549 e. The van der Waals surface area contributed by atoms with Crippen LogP contribution in [0, 0.1) is 11.2 Å². The van der Waals surface area contributed by atoms with E-state index in [-0.39, 0.29) is 11.2 Å². The fourth-order valence-corrected chi connectivity index (χ4v) is 7.48. The Morgan fingerprint density at radius 3 is 2.50 bits per heavy atom. The molecule has 0 radical (unpaired) electrons. The van der Waals surface area contributed by atoms with Gasteiger partial charge in [0.25, 0.3) is 0 Å².